The van der Waals surface area contributed by atoms with E-state index in [1.54, 1.807) is 18.7 Å². The summed E-state index contributed by atoms with van der Waals surface area (Å²) in [4.78, 5) is 28.5. The third kappa shape index (κ3) is 3.55. The monoisotopic (exact) mass is 392 g/mol. The van der Waals surface area contributed by atoms with Crippen LogP contribution in [0.5, 0.6) is 5.88 Å². The molecule has 3 aromatic rings. The largest absolute Gasteiger partial charge is 0.481 e. The molecule has 0 saturated carbocycles. The zero-order valence-electron chi connectivity index (χ0n) is 16.9. The van der Waals surface area contributed by atoms with Gasteiger partial charge in [-0.3, -0.25) is 9.59 Å². The lowest BCUT2D eigenvalue weighted by atomic mass is 10.1. The summed E-state index contributed by atoms with van der Waals surface area (Å²) >= 11 is 0. The molecule has 0 unspecified atom stereocenters. The quantitative estimate of drug-likeness (QED) is 0.639. The van der Waals surface area contributed by atoms with Gasteiger partial charge in [0.05, 0.1) is 18.0 Å². The molecule has 7 heteroatoms. The number of carbonyl (C=O) groups is 2. The lowest BCUT2D eigenvalue weighted by Gasteiger charge is -2.36. The minimum atomic E-state index is 0.0168. The van der Waals surface area contributed by atoms with E-state index >= 15 is 0 Å². The summed E-state index contributed by atoms with van der Waals surface area (Å²) in [6.45, 7) is 4.38. The van der Waals surface area contributed by atoms with Gasteiger partial charge in [-0.25, -0.2) is 4.68 Å². The van der Waals surface area contributed by atoms with Crippen molar-refractivity contribution in [3.8, 4) is 5.88 Å². The summed E-state index contributed by atoms with van der Waals surface area (Å²) in [6, 6.07) is 13.2. The molecule has 7 nitrogen and oxygen atoms in total. The Kier molecular flexibility index (Phi) is 4.96. The number of hydrogen-bond acceptors (Lipinski definition) is 5. The smallest absolute Gasteiger partial charge is 0.254 e. The molecule has 0 bridgehead atoms. The highest BCUT2D eigenvalue weighted by Gasteiger charge is 2.23. The van der Waals surface area contributed by atoms with Crippen molar-refractivity contribution in [2.24, 2.45) is 7.05 Å². The van der Waals surface area contributed by atoms with E-state index in [0.717, 1.165) is 29.7 Å². The van der Waals surface area contributed by atoms with Gasteiger partial charge < -0.3 is 14.5 Å². The summed E-state index contributed by atoms with van der Waals surface area (Å²) in [5.74, 6) is 0.765. The molecule has 1 aliphatic rings. The predicted octanol–water partition coefficient (Wildman–Crippen LogP) is 2.75. The van der Waals surface area contributed by atoms with Crippen LogP contribution in [0.15, 0.2) is 42.5 Å². The Bertz CT molecular complexity index is 1060. The number of Topliss-reactive ketones (excluding diaryl/α,β-unsaturated/α-hetero) is 1. The highest BCUT2D eigenvalue weighted by Crippen LogP contribution is 2.26. The minimum absolute atomic E-state index is 0.0168. The maximum absolute atomic E-state index is 13.0. The van der Waals surface area contributed by atoms with Gasteiger partial charge in [-0.1, -0.05) is 0 Å². The molecule has 0 radical (unpaired) electrons. The minimum Gasteiger partial charge on any atom is -0.481 e. The predicted molar refractivity (Wildman–Crippen MR) is 112 cm³/mol. The Hall–Kier alpha value is -3.35. The molecule has 1 aliphatic heterocycles. The van der Waals surface area contributed by atoms with Crippen LogP contribution in [0.25, 0.3) is 10.9 Å². The Balaban J connectivity index is 1.45. The van der Waals surface area contributed by atoms with Crippen LogP contribution in [0.2, 0.25) is 0 Å². The van der Waals surface area contributed by atoms with E-state index in [-0.39, 0.29) is 11.7 Å². The number of aryl methyl sites for hydroxylation is 1. The second-order valence-corrected chi connectivity index (χ2v) is 7.25. The fourth-order valence-corrected chi connectivity index (χ4v) is 3.81. The van der Waals surface area contributed by atoms with Crippen LogP contribution in [0.3, 0.4) is 0 Å². The fraction of sp³-hybridized carbons (Fsp3) is 0.318. The van der Waals surface area contributed by atoms with E-state index in [0.29, 0.717) is 30.1 Å². The van der Waals surface area contributed by atoms with Crippen LogP contribution in [-0.2, 0) is 7.05 Å². The molecule has 2 heterocycles. The Morgan fingerprint density at radius 2 is 1.62 bits per heavy atom. The van der Waals surface area contributed by atoms with Gasteiger partial charge in [-0.15, -0.1) is 0 Å². The van der Waals surface area contributed by atoms with Gasteiger partial charge in [0.25, 0.3) is 5.91 Å². The average Bonchev–Trinajstić information content (AvgIpc) is 3.07. The van der Waals surface area contributed by atoms with Crippen molar-refractivity contribution < 1.29 is 14.3 Å². The van der Waals surface area contributed by atoms with Crippen molar-refractivity contribution in [3.05, 3.63) is 53.6 Å². The molecule has 0 aliphatic carbocycles. The first-order chi connectivity index (χ1) is 14.0. The lowest BCUT2D eigenvalue weighted by Crippen LogP contribution is -2.48. The number of aromatic nitrogens is 2. The number of piperazine rings is 1. The number of rotatable bonds is 4. The van der Waals surface area contributed by atoms with Crippen LogP contribution >= 0.6 is 0 Å². The van der Waals surface area contributed by atoms with Crippen molar-refractivity contribution in [1.29, 1.82) is 0 Å². The van der Waals surface area contributed by atoms with E-state index in [1.807, 2.05) is 54.4 Å². The number of ether oxygens (including phenoxy) is 1. The number of ketones is 1. The SMILES string of the molecule is COc1c2ccc(C(=O)N3CCN(c4ccc(C(C)=O)cc4)CC3)cc2nn1C. The van der Waals surface area contributed by atoms with Gasteiger partial charge in [0.1, 0.15) is 0 Å². The van der Waals surface area contributed by atoms with Gasteiger partial charge in [-0.2, -0.15) is 5.10 Å². The molecule has 1 fully saturated rings. The van der Waals surface area contributed by atoms with Crippen LogP contribution < -0.4 is 9.64 Å². The maximum Gasteiger partial charge on any atom is 0.254 e. The second kappa shape index (κ2) is 7.58. The molecule has 1 amide bonds. The van der Waals surface area contributed by atoms with Gasteiger partial charge in [0.15, 0.2) is 5.78 Å². The summed E-state index contributed by atoms with van der Waals surface area (Å²) in [6.07, 6.45) is 0. The number of amides is 1. The van der Waals surface area contributed by atoms with Crippen molar-refractivity contribution in [2.45, 2.75) is 6.92 Å². The zero-order chi connectivity index (χ0) is 20.5. The van der Waals surface area contributed by atoms with Crippen molar-refractivity contribution in [1.82, 2.24) is 14.7 Å². The summed E-state index contributed by atoms with van der Waals surface area (Å²) in [5, 5.41) is 5.33. The highest BCUT2D eigenvalue weighted by molar-refractivity contribution is 5.99. The lowest BCUT2D eigenvalue weighted by molar-refractivity contribution is 0.0746. The number of benzene rings is 2. The molecule has 1 saturated heterocycles. The van der Waals surface area contributed by atoms with Gasteiger partial charge in [-0.05, 0) is 49.4 Å². The first-order valence-electron chi connectivity index (χ1n) is 9.64. The standard InChI is InChI=1S/C22H24N4O3/c1-15(27)16-4-7-18(8-5-16)25-10-12-26(13-11-25)21(28)17-6-9-19-20(14-17)23-24(2)22(19)29-3/h4-9,14H,10-13H2,1-3H3. The van der Waals surface area contributed by atoms with Crippen LogP contribution in [0, 0.1) is 0 Å². The van der Waals surface area contributed by atoms with Crippen LogP contribution in [-0.4, -0.2) is 59.7 Å². The highest BCUT2D eigenvalue weighted by atomic mass is 16.5. The Morgan fingerprint density at radius 1 is 0.966 bits per heavy atom. The topological polar surface area (TPSA) is 67.7 Å². The Morgan fingerprint density at radius 3 is 2.24 bits per heavy atom. The molecule has 0 N–H and O–H groups in total. The number of anilines is 1. The Labute approximate surface area is 169 Å². The summed E-state index contributed by atoms with van der Waals surface area (Å²) in [5.41, 5.74) is 3.17. The van der Waals surface area contributed by atoms with Crippen molar-refractivity contribution in [2.75, 3.05) is 38.2 Å². The summed E-state index contributed by atoms with van der Waals surface area (Å²) < 4.78 is 7.05. The zero-order valence-corrected chi connectivity index (χ0v) is 16.9. The molecular formula is C22H24N4O3. The first-order valence-corrected chi connectivity index (χ1v) is 9.64. The molecule has 2 aromatic carbocycles. The second-order valence-electron chi connectivity index (χ2n) is 7.25. The number of fused-ring (bicyclic) bond motifs is 1. The molecule has 0 atom stereocenters. The van der Waals surface area contributed by atoms with E-state index in [2.05, 4.69) is 10.00 Å². The maximum atomic E-state index is 13.0. The van der Waals surface area contributed by atoms with Crippen LogP contribution in [0.4, 0.5) is 5.69 Å². The van der Waals surface area contributed by atoms with E-state index in [1.165, 1.54) is 0 Å². The number of hydrogen-bond donors (Lipinski definition) is 0. The van der Waals surface area contributed by atoms with Gasteiger partial charge in [0.2, 0.25) is 5.88 Å². The van der Waals surface area contributed by atoms with Crippen molar-refractivity contribution in [3.63, 3.8) is 0 Å². The van der Waals surface area contributed by atoms with Gasteiger partial charge >= 0.3 is 0 Å². The third-order valence-electron chi connectivity index (χ3n) is 5.43. The third-order valence-corrected chi connectivity index (χ3v) is 5.43. The van der Waals surface area contributed by atoms with Crippen molar-refractivity contribution >= 4 is 28.3 Å². The molecule has 0 spiro atoms. The average molecular weight is 392 g/mol. The van der Waals surface area contributed by atoms with E-state index < -0.39 is 0 Å². The summed E-state index contributed by atoms with van der Waals surface area (Å²) in [7, 11) is 3.44. The normalized spacial score (nSPS) is 14.3. The molecule has 4 rings (SSSR count). The molecular weight excluding hydrogens is 368 g/mol. The van der Waals surface area contributed by atoms with Crippen LogP contribution in [0.1, 0.15) is 27.6 Å². The van der Waals surface area contributed by atoms with E-state index in [9.17, 15) is 9.59 Å². The molecule has 29 heavy (non-hydrogen) atoms. The first kappa shape index (κ1) is 19.0. The fourth-order valence-electron chi connectivity index (χ4n) is 3.81. The molecule has 1 aromatic heterocycles. The van der Waals surface area contributed by atoms with Gasteiger partial charge in [0, 0.05) is 50.0 Å². The van der Waals surface area contributed by atoms with E-state index in [4.69, 9.17) is 4.74 Å². The molecule has 150 valence electrons. The number of methoxy groups -OCH3 is 1. The number of carbonyl (C=O) groups excluding carboxylic acids is 2. The number of nitrogens with zero attached hydrogens (tertiary/aromatic N) is 4.